The summed E-state index contributed by atoms with van der Waals surface area (Å²) in [7, 11) is 1.58. The second kappa shape index (κ2) is 4.43. The molecule has 0 atom stereocenters. The normalized spacial score (nSPS) is 8.40. The monoisotopic (exact) mass is 89.1 g/mol. The maximum absolute atomic E-state index is 2.20. The average Bonchev–Trinajstić information content (AvgIpc) is 1.41. The highest BCUT2D eigenvalue weighted by atomic mass is 31.1. The lowest BCUT2D eigenvalue weighted by atomic mass is 11.0. The topological polar surface area (TPSA) is 0 Å². The first kappa shape index (κ1) is 5.43. The van der Waals surface area contributed by atoms with E-state index in [0.29, 0.717) is 0 Å². The van der Waals surface area contributed by atoms with Gasteiger partial charge in [-0.3, -0.25) is 0 Å². The van der Waals surface area contributed by atoms with E-state index in [-0.39, 0.29) is 0 Å². The van der Waals surface area contributed by atoms with Crippen LogP contribution < -0.4 is 0 Å². The average molecular weight is 89.1 g/mol. The van der Waals surface area contributed by atoms with Gasteiger partial charge in [-0.2, -0.15) is 0 Å². The van der Waals surface area contributed by atoms with Gasteiger partial charge in [0.1, 0.15) is 0 Å². The summed E-state index contributed by atoms with van der Waals surface area (Å²) in [4.78, 5) is 0. The zero-order valence-corrected chi connectivity index (χ0v) is 4.76. The fourth-order valence-electron chi connectivity index (χ4n) is 0.224. The molecule has 0 amide bonds. The molecular formula is C4H10P. The maximum Gasteiger partial charge on any atom is -0.0316 e. The van der Waals surface area contributed by atoms with Crippen molar-refractivity contribution in [2.24, 2.45) is 0 Å². The van der Waals surface area contributed by atoms with E-state index in [4.69, 9.17) is 0 Å². The molecule has 0 aliphatic rings. The fraction of sp³-hybridized carbons (Fsp3) is 1.00. The molecule has 0 aromatic heterocycles. The van der Waals surface area contributed by atoms with Crippen molar-refractivity contribution in [3.8, 4) is 0 Å². The molecule has 0 N–H and O–H groups in total. The van der Waals surface area contributed by atoms with Crippen molar-refractivity contribution in [3.63, 3.8) is 0 Å². The van der Waals surface area contributed by atoms with E-state index in [2.05, 4.69) is 13.8 Å². The maximum atomic E-state index is 2.20. The van der Waals surface area contributed by atoms with Crippen molar-refractivity contribution in [2.75, 3.05) is 12.3 Å². The molecule has 0 aromatic rings. The minimum atomic E-state index is 1.32. The molecule has 31 valence electrons. The highest BCUT2D eigenvalue weighted by Gasteiger charge is 1.68. The molecule has 0 aromatic carbocycles. The molecule has 0 unspecified atom stereocenters. The summed E-state index contributed by atoms with van der Waals surface area (Å²) in [6.07, 6.45) is 2.63. The first-order chi connectivity index (χ1) is 2.41. The van der Waals surface area contributed by atoms with Crippen molar-refractivity contribution in [1.29, 1.82) is 0 Å². The molecule has 0 aliphatic carbocycles. The molecule has 0 saturated heterocycles. The van der Waals surface area contributed by atoms with Gasteiger partial charge in [-0.15, -0.1) is 0 Å². The van der Waals surface area contributed by atoms with Crippen LogP contribution in [0.5, 0.6) is 0 Å². The quantitative estimate of drug-likeness (QED) is 0.454. The Kier molecular flexibility index (Phi) is 4.81. The van der Waals surface area contributed by atoms with Crippen molar-refractivity contribution < 1.29 is 0 Å². The van der Waals surface area contributed by atoms with E-state index in [1.165, 1.54) is 12.3 Å². The predicted molar refractivity (Wildman–Crippen MR) is 28.0 cm³/mol. The lowest BCUT2D eigenvalue weighted by molar-refractivity contribution is 1.44. The SMILES string of the molecule is CC[P]CC. The molecule has 0 spiro atoms. The number of rotatable bonds is 2. The van der Waals surface area contributed by atoms with Crippen LogP contribution in [-0.2, 0) is 0 Å². The summed E-state index contributed by atoms with van der Waals surface area (Å²) in [6.45, 7) is 4.40. The predicted octanol–water partition coefficient (Wildman–Crippen LogP) is 1.97. The largest absolute Gasteiger partial charge is 0.0816 e. The first-order valence-electron chi connectivity index (χ1n) is 2.05. The van der Waals surface area contributed by atoms with Crippen LogP contribution in [0.2, 0.25) is 0 Å². The van der Waals surface area contributed by atoms with Gasteiger partial charge >= 0.3 is 0 Å². The third kappa shape index (κ3) is 4.43. The van der Waals surface area contributed by atoms with Crippen LogP contribution in [0.4, 0.5) is 0 Å². The van der Waals surface area contributed by atoms with Crippen LogP contribution in [-0.4, -0.2) is 12.3 Å². The molecule has 0 saturated carbocycles. The molecule has 5 heavy (non-hydrogen) atoms. The second-order valence-corrected chi connectivity index (χ2v) is 2.57. The van der Waals surface area contributed by atoms with Crippen LogP contribution >= 0.6 is 8.58 Å². The standard InChI is InChI=1S/C4H10P/c1-3-5-4-2/h3-4H2,1-2H3. The van der Waals surface area contributed by atoms with E-state index in [9.17, 15) is 0 Å². The van der Waals surface area contributed by atoms with Gasteiger partial charge in [0.15, 0.2) is 0 Å². The first-order valence-corrected chi connectivity index (χ1v) is 3.31. The molecular weight excluding hydrogens is 79.0 g/mol. The van der Waals surface area contributed by atoms with E-state index < -0.39 is 0 Å². The highest BCUT2D eigenvalue weighted by Crippen LogP contribution is 2.03. The minimum absolute atomic E-state index is 1.32. The van der Waals surface area contributed by atoms with Crippen LogP contribution in [0.1, 0.15) is 13.8 Å². The molecule has 0 bridgehead atoms. The van der Waals surface area contributed by atoms with Crippen LogP contribution in [0.25, 0.3) is 0 Å². The van der Waals surface area contributed by atoms with Gasteiger partial charge in [-0.25, -0.2) is 0 Å². The molecule has 0 aliphatic heterocycles. The minimum Gasteiger partial charge on any atom is -0.0816 e. The number of hydrogen-bond donors (Lipinski definition) is 0. The Morgan fingerprint density at radius 3 is 1.60 bits per heavy atom. The van der Waals surface area contributed by atoms with Crippen molar-refractivity contribution in [1.82, 2.24) is 0 Å². The van der Waals surface area contributed by atoms with E-state index in [1.54, 1.807) is 8.58 Å². The zero-order chi connectivity index (χ0) is 4.12. The van der Waals surface area contributed by atoms with E-state index in [1.807, 2.05) is 0 Å². The van der Waals surface area contributed by atoms with Gasteiger partial charge in [0, 0.05) is 0 Å². The Morgan fingerprint density at radius 2 is 1.60 bits per heavy atom. The van der Waals surface area contributed by atoms with Crippen LogP contribution in [0, 0.1) is 0 Å². The van der Waals surface area contributed by atoms with Gasteiger partial charge in [0.2, 0.25) is 0 Å². The summed E-state index contributed by atoms with van der Waals surface area (Å²) in [5.74, 6) is 0. The molecule has 0 rings (SSSR count). The van der Waals surface area contributed by atoms with Crippen LogP contribution in [0.3, 0.4) is 0 Å². The van der Waals surface area contributed by atoms with Crippen molar-refractivity contribution >= 4 is 8.58 Å². The Hall–Kier alpha value is 0.430. The smallest absolute Gasteiger partial charge is 0.0316 e. The third-order valence-electron chi connectivity index (χ3n) is 0.447. The summed E-state index contributed by atoms with van der Waals surface area (Å²) < 4.78 is 0. The summed E-state index contributed by atoms with van der Waals surface area (Å²) in [6, 6.07) is 0. The van der Waals surface area contributed by atoms with Gasteiger partial charge in [0.25, 0.3) is 0 Å². The van der Waals surface area contributed by atoms with Gasteiger partial charge in [-0.05, 0) is 12.3 Å². The molecule has 0 heterocycles. The molecule has 1 radical (unpaired) electrons. The summed E-state index contributed by atoms with van der Waals surface area (Å²) in [5.41, 5.74) is 0. The van der Waals surface area contributed by atoms with Gasteiger partial charge in [0.05, 0.1) is 0 Å². The fourth-order valence-corrected chi connectivity index (χ4v) is 0.671. The third-order valence-corrected chi connectivity index (χ3v) is 1.34. The molecule has 0 fully saturated rings. The Balaban J connectivity index is 2.19. The second-order valence-electron chi connectivity index (χ2n) is 0.856. The summed E-state index contributed by atoms with van der Waals surface area (Å²) >= 11 is 0. The lowest BCUT2D eigenvalue weighted by Crippen LogP contribution is -1.59. The highest BCUT2D eigenvalue weighted by molar-refractivity contribution is 7.37. The number of hydrogen-bond acceptors (Lipinski definition) is 0. The van der Waals surface area contributed by atoms with Gasteiger partial charge < -0.3 is 0 Å². The lowest BCUT2D eigenvalue weighted by Gasteiger charge is -1.78. The Bertz CT molecular complexity index is 11.1. The Labute approximate surface area is 35.7 Å². The van der Waals surface area contributed by atoms with Crippen molar-refractivity contribution in [2.45, 2.75) is 13.8 Å². The van der Waals surface area contributed by atoms with Gasteiger partial charge in [-0.1, -0.05) is 22.4 Å². The van der Waals surface area contributed by atoms with Crippen molar-refractivity contribution in [3.05, 3.63) is 0 Å². The summed E-state index contributed by atoms with van der Waals surface area (Å²) in [5, 5.41) is 0. The zero-order valence-electron chi connectivity index (χ0n) is 3.86. The molecule has 0 nitrogen and oxygen atoms in total. The van der Waals surface area contributed by atoms with E-state index >= 15 is 0 Å². The van der Waals surface area contributed by atoms with Crippen LogP contribution in [0.15, 0.2) is 0 Å². The van der Waals surface area contributed by atoms with E-state index in [0.717, 1.165) is 0 Å². The molecule has 1 heteroatoms. The Morgan fingerprint density at radius 1 is 1.20 bits per heavy atom.